The number of carbonyl (C=O) groups excluding carboxylic acids is 1. The fraction of sp³-hybridized carbons (Fsp3) is 0.417. The summed E-state index contributed by atoms with van der Waals surface area (Å²) in [6, 6.07) is 7.14. The molecule has 0 aliphatic heterocycles. The zero-order valence-corrected chi connectivity index (χ0v) is 11.1. The summed E-state index contributed by atoms with van der Waals surface area (Å²) < 4.78 is 0. The number of benzene rings is 1. The van der Waals surface area contributed by atoms with Crippen LogP contribution < -0.4 is 11.1 Å². The Bertz CT molecular complexity index is 417. The molecule has 0 radical (unpaired) electrons. The van der Waals surface area contributed by atoms with Gasteiger partial charge < -0.3 is 11.1 Å². The molecule has 0 bridgehead atoms. The lowest BCUT2D eigenvalue weighted by Crippen LogP contribution is -2.44. The molecule has 0 saturated heterocycles. The van der Waals surface area contributed by atoms with Crippen molar-refractivity contribution in [1.29, 1.82) is 0 Å². The first kappa shape index (κ1) is 14.3. The molecule has 1 fully saturated rings. The van der Waals surface area contributed by atoms with E-state index in [0.717, 1.165) is 18.4 Å². The molecular formula is C12H16Cl2N2O. The number of rotatable bonds is 3. The van der Waals surface area contributed by atoms with Crippen molar-refractivity contribution in [2.24, 2.45) is 5.73 Å². The van der Waals surface area contributed by atoms with E-state index in [4.69, 9.17) is 17.3 Å². The number of carbonyl (C=O) groups is 1. The second-order valence-corrected chi connectivity index (χ2v) is 4.81. The molecule has 17 heavy (non-hydrogen) atoms. The summed E-state index contributed by atoms with van der Waals surface area (Å²) >= 11 is 5.94. The summed E-state index contributed by atoms with van der Waals surface area (Å²) in [6.07, 6.45) is 1.90. The van der Waals surface area contributed by atoms with Gasteiger partial charge in [-0.05, 0) is 37.5 Å². The van der Waals surface area contributed by atoms with Gasteiger partial charge in [0.05, 0.1) is 11.6 Å². The van der Waals surface area contributed by atoms with Crippen LogP contribution in [0.3, 0.4) is 0 Å². The van der Waals surface area contributed by atoms with E-state index in [2.05, 4.69) is 5.32 Å². The van der Waals surface area contributed by atoms with Gasteiger partial charge in [-0.2, -0.15) is 0 Å². The van der Waals surface area contributed by atoms with Gasteiger partial charge in [-0.3, -0.25) is 4.79 Å². The summed E-state index contributed by atoms with van der Waals surface area (Å²) in [5.41, 5.74) is 6.38. The predicted octanol–water partition coefficient (Wildman–Crippen LogP) is 2.21. The highest BCUT2D eigenvalue weighted by Crippen LogP contribution is 2.45. The average molecular weight is 275 g/mol. The Balaban J connectivity index is 0.00000144. The lowest BCUT2D eigenvalue weighted by Gasteiger charge is -2.19. The Morgan fingerprint density at radius 2 is 2.18 bits per heavy atom. The highest BCUT2D eigenvalue weighted by Gasteiger charge is 2.45. The van der Waals surface area contributed by atoms with Crippen molar-refractivity contribution in [3.8, 4) is 0 Å². The van der Waals surface area contributed by atoms with Crippen molar-refractivity contribution in [1.82, 2.24) is 5.32 Å². The molecule has 3 N–H and O–H groups in total. The van der Waals surface area contributed by atoms with E-state index in [1.165, 1.54) is 0 Å². The maximum Gasteiger partial charge on any atom is 0.237 e. The number of amides is 1. The molecule has 1 aromatic carbocycles. The van der Waals surface area contributed by atoms with E-state index in [1.807, 2.05) is 24.3 Å². The minimum Gasteiger partial charge on any atom is -0.345 e. The Hall–Kier alpha value is -0.770. The monoisotopic (exact) mass is 274 g/mol. The van der Waals surface area contributed by atoms with E-state index in [-0.39, 0.29) is 23.9 Å². The third-order valence-corrected chi connectivity index (χ3v) is 3.14. The number of halogens is 2. The smallest absolute Gasteiger partial charge is 0.237 e. The zero-order valence-electron chi connectivity index (χ0n) is 9.57. The predicted molar refractivity (Wildman–Crippen MR) is 71.4 cm³/mol. The second-order valence-electron chi connectivity index (χ2n) is 4.37. The quantitative estimate of drug-likeness (QED) is 0.888. The topological polar surface area (TPSA) is 55.1 Å². The first-order valence-corrected chi connectivity index (χ1v) is 5.75. The zero-order chi connectivity index (χ0) is 11.8. The van der Waals surface area contributed by atoms with E-state index in [9.17, 15) is 4.79 Å². The van der Waals surface area contributed by atoms with Crippen molar-refractivity contribution < 1.29 is 4.79 Å². The van der Waals surface area contributed by atoms with Gasteiger partial charge in [-0.25, -0.2) is 0 Å². The summed E-state index contributed by atoms with van der Waals surface area (Å²) in [5, 5.41) is 3.68. The van der Waals surface area contributed by atoms with Gasteiger partial charge in [-0.1, -0.05) is 23.7 Å². The molecule has 0 unspecified atom stereocenters. The maximum absolute atomic E-state index is 11.6. The standard InChI is InChI=1S/C12H15ClN2O.ClH/c1-8(14)11(16)15-12(5-6-12)9-3-2-4-10(13)7-9;/h2-4,7-8H,5-6,14H2,1H3,(H,15,16);1H/t8-;/m1./s1. The lowest BCUT2D eigenvalue weighted by atomic mass is 10.0. The van der Waals surface area contributed by atoms with Crippen LogP contribution in [0.1, 0.15) is 25.3 Å². The molecular weight excluding hydrogens is 259 g/mol. The minimum atomic E-state index is -0.475. The summed E-state index contributed by atoms with van der Waals surface area (Å²) in [5.74, 6) is -0.113. The summed E-state index contributed by atoms with van der Waals surface area (Å²) in [6.45, 7) is 1.68. The number of nitrogens with one attached hydrogen (secondary N) is 1. The molecule has 94 valence electrons. The SMILES string of the molecule is C[C@@H](N)C(=O)NC1(c2cccc(Cl)c2)CC1.Cl. The van der Waals surface area contributed by atoms with Gasteiger partial charge in [0.1, 0.15) is 0 Å². The number of nitrogens with two attached hydrogens (primary N) is 1. The summed E-state index contributed by atoms with van der Waals surface area (Å²) in [4.78, 5) is 11.6. The van der Waals surface area contributed by atoms with E-state index < -0.39 is 6.04 Å². The van der Waals surface area contributed by atoms with Crippen LogP contribution in [0.4, 0.5) is 0 Å². The second kappa shape index (κ2) is 5.25. The lowest BCUT2D eigenvalue weighted by molar-refractivity contribution is -0.123. The Labute approximate surface area is 112 Å². The van der Waals surface area contributed by atoms with Gasteiger partial charge in [0, 0.05) is 5.02 Å². The van der Waals surface area contributed by atoms with Gasteiger partial charge in [0.25, 0.3) is 0 Å². The van der Waals surface area contributed by atoms with Crippen LogP contribution in [0.2, 0.25) is 5.02 Å². The molecule has 1 aliphatic rings. The van der Waals surface area contributed by atoms with Crippen molar-refractivity contribution >= 4 is 29.9 Å². The van der Waals surface area contributed by atoms with Crippen LogP contribution in [0.15, 0.2) is 24.3 Å². The van der Waals surface area contributed by atoms with Crippen molar-refractivity contribution in [3.63, 3.8) is 0 Å². The van der Waals surface area contributed by atoms with Gasteiger partial charge in [-0.15, -0.1) is 12.4 Å². The van der Waals surface area contributed by atoms with Crippen LogP contribution >= 0.6 is 24.0 Å². The number of hydrogen-bond acceptors (Lipinski definition) is 2. The van der Waals surface area contributed by atoms with Gasteiger partial charge in [0.15, 0.2) is 0 Å². The van der Waals surface area contributed by atoms with Crippen molar-refractivity contribution in [3.05, 3.63) is 34.9 Å². The molecule has 3 nitrogen and oxygen atoms in total. The molecule has 1 aliphatic carbocycles. The van der Waals surface area contributed by atoms with Gasteiger partial charge >= 0.3 is 0 Å². The first-order valence-electron chi connectivity index (χ1n) is 5.37. The van der Waals surface area contributed by atoms with E-state index >= 15 is 0 Å². The molecule has 1 amide bonds. The largest absolute Gasteiger partial charge is 0.345 e. The molecule has 0 spiro atoms. The van der Waals surface area contributed by atoms with Gasteiger partial charge in [0.2, 0.25) is 5.91 Å². The first-order chi connectivity index (χ1) is 7.53. The normalized spacial score (nSPS) is 17.8. The molecule has 1 aromatic rings. The maximum atomic E-state index is 11.6. The fourth-order valence-corrected chi connectivity index (χ4v) is 1.94. The fourth-order valence-electron chi connectivity index (χ4n) is 1.75. The van der Waals surface area contributed by atoms with Crippen LogP contribution in [0, 0.1) is 0 Å². The molecule has 1 saturated carbocycles. The molecule has 1 atom stereocenters. The van der Waals surface area contributed by atoms with Crippen molar-refractivity contribution in [2.45, 2.75) is 31.3 Å². The van der Waals surface area contributed by atoms with E-state index in [1.54, 1.807) is 6.92 Å². The Morgan fingerprint density at radius 1 is 1.53 bits per heavy atom. The van der Waals surface area contributed by atoms with Crippen LogP contribution in [0.25, 0.3) is 0 Å². The third kappa shape index (κ3) is 3.12. The highest BCUT2D eigenvalue weighted by molar-refractivity contribution is 6.30. The van der Waals surface area contributed by atoms with Crippen LogP contribution in [0.5, 0.6) is 0 Å². The Kier molecular flexibility index (Phi) is 4.42. The number of hydrogen-bond donors (Lipinski definition) is 2. The Morgan fingerprint density at radius 3 is 2.65 bits per heavy atom. The molecule has 0 heterocycles. The highest BCUT2D eigenvalue weighted by atomic mass is 35.5. The third-order valence-electron chi connectivity index (χ3n) is 2.90. The molecule has 5 heteroatoms. The minimum absolute atomic E-state index is 0. The van der Waals surface area contributed by atoms with Crippen molar-refractivity contribution in [2.75, 3.05) is 0 Å². The van der Waals surface area contributed by atoms with Crippen LogP contribution in [-0.2, 0) is 10.3 Å². The van der Waals surface area contributed by atoms with E-state index in [0.29, 0.717) is 5.02 Å². The molecule has 2 rings (SSSR count). The van der Waals surface area contributed by atoms with Crippen LogP contribution in [-0.4, -0.2) is 11.9 Å². The molecule has 0 aromatic heterocycles. The summed E-state index contributed by atoms with van der Waals surface area (Å²) in [7, 11) is 0. The average Bonchev–Trinajstić information content (AvgIpc) is 2.99.